The summed E-state index contributed by atoms with van der Waals surface area (Å²) in [5.74, 6) is 0. The van der Waals surface area contributed by atoms with E-state index in [0.717, 1.165) is 0 Å². The molecule has 0 radical (unpaired) electrons. The SMILES string of the molecule is FCC(=CC(F)(F)F)CF. The Hall–Kier alpha value is -0.610. The molecule has 5 heteroatoms. The number of hydrogen-bond acceptors (Lipinski definition) is 0. The van der Waals surface area contributed by atoms with Crippen LogP contribution in [-0.2, 0) is 0 Å². The van der Waals surface area contributed by atoms with Crippen LogP contribution < -0.4 is 0 Å². The van der Waals surface area contributed by atoms with Gasteiger partial charge in [0.25, 0.3) is 0 Å². The predicted octanol–water partition coefficient (Wildman–Crippen LogP) is 2.41. The molecule has 0 atom stereocenters. The number of alkyl halides is 5. The van der Waals surface area contributed by atoms with Gasteiger partial charge >= 0.3 is 6.18 Å². The third kappa shape index (κ3) is 4.29. The molecule has 0 aliphatic rings. The van der Waals surface area contributed by atoms with Crippen molar-refractivity contribution in [2.45, 2.75) is 6.18 Å². The molecule has 0 aromatic carbocycles. The van der Waals surface area contributed by atoms with E-state index in [4.69, 9.17) is 0 Å². The van der Waals surface area contributed by atoms with E-state index in [1.165, 1.54) is 0 Å². The van der Waals surface area contributed by atoms with Gasteiger partial charge in [0.2, 0.25) is 0 Å². The second kappa shape index (κ2) is 3.53. The van der Waals surface area contributed by atoms with Gasteiger partial charge in [-0.15, -0.1) is 0 Å². The summed E-state index contributed by atoms with van der Waals surface area (Å²) in [4.78, 5) is 0. The van der Waals surface area contributed by atoms with Gasteiger partial charge in [-0.05, 0) is 5.57 Å². The zero-order valence-electron chi connectivity index (χ0n) is 4.88. The number of hydrogen-bond donors (Lipinski definition) is 0. The summed E-state index contributed by atoms with van der Waals surface area (Å²) in [6.45, 7) is -2.79. The lowest BCUT2D eigenvalue weighted by Crippen LogP contribution is -2.05. The average molecular weight is 160 g/mol. The fraction of sp³-hybridized carbons (Fsp3) is 0.600. The van der Waals surface area contributed by atoms with Gasteiger partial charge in [-0.25, -0.2) is 8.78 Å². The Kier molecular flexibility index (Phi) is 3.32. The Bertz CT molecular complexity index is 116. The minimum atomic E-state index is -4.62. The molecule has 0 heterocycles. The number of halogens is 5. The van der Waals surface area contributed by atoms with Crippen LogP contribution in [0, 0.1) is 0 Å². The molecule has 0 nitrogen and oxygen atoms in total. The van der Waals surface area contributed by atoms with Crippen LogP contribution in [0.5, 0.6) is 0 Å². The van der Waals surface area contributed by atoms with Gasteiger partial charge < -0.3 is 0 Å². The van der Waals surface area contributed by atoms with Gasteiger partial charge in [-0.3, -0.25) is 0 Å². The Morgan fingerprint density at radius 2 is 1.50 bits per heavy atom. The van der Waals surface area contributed by atoms with Crippen molar-refractivity contribution >= 4 is 0 Å². The molecule has 0 bridgehead atoms. The lowest BCUT2D eigenvalue weighted by Gasteiger charge is -2.00. The van der Waals surface area contributed by atoms with E-state index in [1.807, 2.05) is 0 Å². The van der Waals surface area contributed by atoms with Crippen LogP contribution in [0.2, 0.25) is 0 Å². The summed E-state index contributed by atoms with van der Waals surface area (Å²) in [5.41, 5.74) is -0.882. The largest absolute Gasteiger partial charge is 0.409 e. The van der Waals surface area contributed by atoms with Crippen molar-refractivity contribution in [3.63, 3.8) is 0 Å². The van der Waals surface area contributed by atoms with Crippen molar-refractivity contribution in [2.75, 3.05) is 13.3 Å². The van der Waals surface area contributed by atoms with E-state index in [-0.39, 0.29) is 6.08 Å². The van der Waals surface area contributed by atoms with E-state index >= 15 is 0 Å². The van der Waals surface area contributed by atoms with E-state index in [1.54, 1.807) is 0 Å². The molecular formula is C5H5F5. The Balaban J connectivity index is 4.11. The highest BCUT2D eigenvalue weighted by molar-refractivity contribution is 5.05. The zero-order valence-corrected chi connectivity index (χ0v) is 4.88. The Labute approximate surface area is 54.3 Å². The summed E-state index contributed by atoms with van der Waals surface area (Å²) in [7, 11) is 0. The molecule has 0 fully saturated rings. The van der Waals surface area contributed by atoms with Crippen molar-refractivity contribution in [3.8, 4) is 0 Å². The van der Waals surface area contributed by atoms with Crippen molar-refractivity contribution in [1.29, 1.82) is 0 Å². The summed E-state index contributed by atoms with van der Waals surface area (Å²) >= 11 is 0. The molecule has 0 aliphatic heterocycles. The molecule has 0 unspecified atom stereocenters. The van der Waals surface area contributed by atoms with Gasteiger partial charge in [0, 0.05) is 6.08 Å². The van der Waals surface area contributed by atoms with Gasteiger partial charge in [0.1, 0.15) is 13.3 Å². The smallest absolute Gasteiger partial charge is 0.246 e. The van der Waals surface area contributed by atoms with E-state index in [9.17, 15) is 22.0 Å². The maximum atomic E-state index is 11.4. The van der Waals surface area contributed by atoms with Crippen molar-refractivity contribution in [1.82, 2.24) is 0 Å². The fourth-order valence-corrected chi connectivity index (χ4v) is 0.344. The minimum absolute atomic E-state index is 0.368. The molecule has 60 valence electrons. The molecule has 0 aromatic heterocycles. The van der Waals surface area contributed by atoms with Crippen molar-refractivity contribution < 1.29 is 22.0 Å². The highest BCUT2D eigenvalue weighted by Crippen LogP contribution is 2.18. The first kappa shape index (κ1) is 9.39. The molecule has 10 heavy (non-hydrogen) atoms. The lowest BCUT2D eigenvalue weighted by atomic mass is 10.3. The maximum absolute atomic E-state index is 11.4. The average Bonchev–Trinajstić information content (AvgIpc) is 1.81. The molecule has 0 saturated heterocycles. The Morgan fingerprint density at radius 3 is 1.60 bits per heavy atom. The van der Waals surface area contributed by atoms with Crippen LogP contribution in [0.25, 0.3) is 0 Å². The van der Waals surface area contributed by atoms with Gasteiger partial charge in [0.15, 0.2) is 0 Å². The van der Waals surface area contributed by atoms with Gasteiger partial charge in [0.05, 0.1) is 0 Å². The summed E-state index contributed by atoms with van der Waals surface area (Å²) in [6, 6.07) is 0. The molecule has 0 amide bonds. The first-order valence-corrected chi connectivity index (χ1v) is 2.39. The molecule has 0 spiro atoms. The normalized spacial score (nSPS) is 11.3. The molecule has 0 saturated carbocycles. The van der Waals surface area contributed by atoms with Crippen LogP contribution in [-0.4, -0.2) is 19.5 Å². The highest BCUT2D eigenvalue weighted by Gasteiger charge is 2.24. The third-order valence-electron chi connectivity index (χ3n) is 0.711. The van der Waals surface area contributed by atoms with E-state index in [0.29, 0.717) is 0 Å². The summed E-state index contributed by atoms with van der Waals surface area (Å²) in [5, 5.41) is 0. The lowest BCUT2D eigenvalue weighted by molar-refractivity contribution is -0.0809. The fourth-order valence-electron chi connectivity index (χ4n) is 0.344. The standard InChI is InChI=1S/C5H5F5/c6-2-4(3-7)1-5(8,9)10/h1H,2-3H2. The van der Waals surface area contributed by atoms with Crippen molar-refractivity contribution in [3.05, 3.63) is 11.6 Å². The maximum Gasteiger partial charge on any atom is 0.409 e. The summed E-state index contributed by atoms with van der Waals surface area (Å²) in [6.07, 6.45) is -4.99. The predicted molar refractivity (Wildman–Crippen MR) is 26.1 cm³/mol. The van der Waals surface area contributed by atoms with Crippen LogP contribution in [0.4, 0.5) is 22.0 Å². The summed E-state index contributed by atoms with van der Waals surface area (Å²) < 4.78 is 56.6. The van der Waals surface area contributed by atoms with Gasteiger partial charge in [-0.1, -0.05) is 0 Å². The first-order chi connectivity index (χ1) is 4.49. The van der Waals surface area contributed by atoms with Crippen LogP contribution in [0.1, 0.15) is 0 Å². The van der Waals surface area contributed by atoms with Gasteiger partial charge in [-0.2, -0.15) is 13.2 Å². The van der Waals surface area contributed by atoms with E-state index in [2.05, 4.69) is 0 Å². The van der Waals surface area contributed by atoms with Crippen LogP contribution in [0.15, 0.2) is 11.6 Å². The molecule has 0 aliphatic carbocycles. The second-order valence-corrected chi connectivity index (χ2v) is 1.61. The molecule has 0 aromatic rings. The first-order valence-electron chi connectivity index (χ1n) is 2.39. The highest BCUT2D eigenvalue weighted by atomic mass is 19.4. The van der Waals surface area contributed by atoms with Crippen LogP contribution >= 0.6 is 0 Å². The molecule has 0 N–H and O–H groups in total. The van der Waals surface area contributed by atoms with Crippen LogP contribution in [0.3, 0.4) is 0 Å². The molecule has 0 rings (SSSR count). The quantitative estimate of drug-likeness (QED) is 0.429. The number of allylic oxidation sites excluding steroid dienone is 2. The topological polar surface area (TPSA) is 0 Å². The zero-order chi connectivity index (χ0) is 8.20. The van der Waals surface area contributed by atoms with E-state index < -0.39 is 25.1 Å². The molecular weight excluding hydrogens is 155 g/mol. The Morgan fingerprint density at radius 1 is 1.10 bits per heavy atom. The van der Waals surface area contributed by atoms with Crippen molar-refractivity contribution in [2.24, 2.45) is 0 Å². The number of rotatable bonds is 2. The third-order valence-corrected chi connectivity index (χ3v) is 0.711. The monoisotopic (exact) mass is 160 g/mol. The second-order valence-electron chi connectivity index (χ2n) is 1.61. The minimum Gasteiger partial charge on any atom is -0.246 e.